The van der Waals surface area contributed by atoms with Crippen molar-refractivity contribution >= 4 is 17.2 Å². The van der Waals surface area contributed by atoms with Crippen molar-refractivity contribution in [1.82, 2.24) is 14.5 Å². The molecule has 0 atom stereocenters. The molecule has 0 aliphatic rings. The minimum atomic E-state index is -4.41. The summed E-state index contributed by atoms with van der Waals surface area (Å²) in [5, 5.41) is 1.83. The number of carbonyl (C=O) groups excluding carboxylic acids is 1. The van der Waals surface area contributed by atoms with Crippen molar-refractivity contribution in [2.45, 2.75) is 26.2 Å². The molecule has 0 bridgehead atoms. The summed E-state index contributed by atoms with van der Waals surface area (Å²) in [5.41, 5.74) is -0.497. The zero-order valence-corrected chi connectivity index (χ0v) is 15.4. The number of imidazole rings is 1. The minimum absolute atomic E-state index is 0.0375. The first-order chi connectivity index (χ1) is 12.9. The van der Waals surface area contributed by atoms with Gasteiger partial charge in [-0.15, -0.1) is 11.3 Å². The summed E-state index contributed by atoms with van der Waals surface area (Å²) in [5.74, 6) is 0.427. The van der Waals surface area contributed by atoms with Crippen LogP contribution in [0, 0.1) is 0 Å². The van der Waals surface area contributed by atoms with Gasteiger partial charge < -0.3 is 9.47 Å². The second-order valence-corrected chi connectivity index (χ2v) is 6.87. The van der Waals surface area contributed by atoms with Crippen molar-refractivity contribution in [2.75, 3.05) is 6.54 Å². The first-order valence-electron chi connectivity index (χ1n) is 8.38. The number of halogens is 3. The lowest BCUT2D eigenvalue weighted by Crippen LogP contribution is -2.31. The molecule has 0 spiro atoms. The molecule has 2 heterocycles. The standard InChI is InChI=1S/C19H18F3N3OS/c1-2-24(18(26)16-8-5-11-27-16)13-17-23-9-10-25(17)12-14-6-3-4-7-15(14)19(20,21)22/h3-11H,2,12-13H2,1H3. The number of amides is 1. The molecule has 27 heavy (non-hydrogen) atoms. The quantitative estimate of drug-likeness (QED) is 0.610. The van der Waals surface area contributed by atoms with E-state index >= 15 is 0 Å². The van der Waals surface area contributed by atoms with Gasteiger partial charge in [-0.1, -0.05) is 24.3 Å². The van der Waals surface area contributed by atoms with Crippen LogP contribution in [0.2, 0.25) is 0 Å². The van der Waals surface area contributed by atoms with Crippen LogP contribution in [0.25, 0.3) is 0 Å². The molecule has 0 aliphatic carbocycles. The van der Waals surface area contributed by atoms with Crippen LogP contribution in [0.3, 0.4) is 0 Å². The maximum Gasteiger partial charge on any atom is 0.416 e. The zero-order valence-electron chi connectivity index (χ0n) is 14.6. The van der Waals surface area contributed by atoms with Crippen molar-refractivity contribution in [3.63, 3.8) is 0 Å². The first-order valence-corrected chi connectivity index (χ1v) is 9.26. The normalized spacial score (nSPS) is 11.6. The Bertz CT molecular complexity index is 903. The van der Waals surface area contributed by atoms with E-state index in [1.807, 2.05) is 12.3 Å². The van der Waals surface area contributed by atoms with Gasteiger partial charge in [0.25, 0.3) is 5.91 Å². The lowest BCUT2D eigenvalue weighted by Gasteiger charge is -2.21. The molecule has 0 aliphatic heterocycles. The minimum Gasteiger partial charge on any atom is -0.331 e. The van der Waals surface area contributed by atoms with Crippen LogP contribution in [0.4, 0.5) is 13.2 Å². The van der Waals surface area contributed by atoms with Gasteiger partial charge in [0.05, 0.1) is 17.0 Å². The number of aromatic nitrogens is 2. The van der Waals surface area contributed by atoms with Crippen molar-refractivity contribution in [1.29, 1.82) is 0 Å². The van der Waals surface area contributed by atoms with Crippen molar-refractivity contribution in [3.05, 3.63) is 76.0 Å². The molecule has 1 amide bonds. The van der Waals surface area contributed by atoms with E-state index < -0.39 is 11.7 Å². The van der Waals surface area contributed by atoms with E-state index in [9.17, 15) is 18.0 Å². The molecule has 0 radical (unpaired) electrons. The summed E-state index contributed by atoms with van der Waals surface area (Å²) in [6.07, 6.45) is -1.25. The van der Waals surface area contributed by atoms with E-state index in [2.05, 4.69) is 4.98 Å². The van der Waals surface area contributed by atoms with E-state index in [-0.39, 0.29) is 24.6 Å². The van der Waals surface area contributed by atoms with E-state index in [0.717, 1.165) is 6.07 Å². The van der Waals surface area contributed by atoms with Crippen LogP contribution in [0.5, 0.6) is 0 Å². The number of hydrogen-bond acceptors (Lipinski definition) is 3. The third kappa shape index (κ3) is 4.39. The Kier molecular flexibility index (Phi) is 5.65. The molecule has 2 aromatic heterocycles. The van der Waals surface area contributed by atoms with Crippen LogP contribution in [-0.2, 0) is 19.3 Å². The maximum absolute atomic E-state index is 13.2. The maximum atomic E-state index is 13.2. The molecule has 3 aromatic rings. The fourth-order valence-electron chi connectivity index (χ4n) is 2.81. The Morgan fingerprint density at radius 1 is 1.22 bits per heavy atom. The summed E-state index contributed by atoms with van der Waals surface area (Å²) in [6.45, 7) is 2.60. The van der Waals surface area contributed by atoms with E-state index in [0.29, 0.717) is 17.2 Å². The molecular weight excluding hydrogens is 375 g/mol. The molecule has 0 saturated carbocycles. The van der Waals surface area contributed by atoms with Gasteiger partial charge in [0.1, 0.15) is 5.82 Å². The van der Waals surface area contributed by atoms with Crippen molar-refractivity contribution in [2.24, 2.45) is 0 Å². The third-order valence-corrected chi connectivity index (χ3v) is 5.06. The SMILES string of the molecule is CCN(Cc1nccn1Cc1ccccc1C(F)(F)F)C(=O)c1cccs1. The Hall–Kier alpha value is -2.61. The van der Waals surface area contributed by atoms with Crippen LogP contribution < -0.4 is 0 Å². The smallest absolute Gasteiger partial charge is 0.331 e. The average Bonchev–Trinajstić information content (AvgIpc) is 3.31. The van der Waals surface area contributed by atoms with Crippen molar-refractivity contribution in [3.8, 4) is 0 Å². The first kappa shape index (κ1) is 19.2. The Balaban J connectivity index is 1.82. The molecule has 0 saturated heterocycles. The summed E-state index contributed by atoms with van der Waals surface area (Å²) in [4.78, 5) is 19.1. The van der Waals surface area contributed by atoms with Gasteiger partial charge in [0.2, 0.25) is 0 Å². The Morgan fingerprint density at radius 3 is 2.67 bits per heavy atom. The summed E-state index contributed by atoms with van der Waals surface area (Å²) in [7, 11) is 0. The number of rotatable bonds is 6. The predicted molar refractivity (Wildman–Crippen MR) is 97.5 cm³/mol. The van der Waals surface area contributed by atoms with Crippen LogP contribution >= 0.6 is 11.3 Å². The lowest BCUT2D eigenvalue weighted by molar-refractivity contribution is -0.138. The van der Waals surface area contributed by atoms with Gasteiger partial charge in [-0.25, -0.2) is 4.98 Å². The molecule has 1 aromatic carbocycles. The summed E-state index contributed by atoms with van der Waals surface area (Å²) in [6, 6.07) is 9.05. The van der Waals surface area contributed by atoms with Gasteiger partial charge in [0, 0.05) is 25.5 Å². The number of benzene rings is 1. The fraction of sp³-hybridized carbons (Fsp3) is 0.263. The van der Waals surface area contributed by atoms with E-state index in [1.54, 1.807) is 33.9 Å². The van der Waals surface area contributed by atoms with Crippen LogP contribution in [-0.4, -0.2) is 26.9 Å². The third-order valence-electron chi connectivity index (χ3n) is 4.20. The largest absolute Gasteiger partial charge is 0.416 e. The molecule has 0 fully saturated rings. The second kappa shape index (κ2) is 7.96. The second-order valence-electron chi connectivity index (χ2n) is 5.92. The van der Waals surface area contributed by atoms with Gasteiger partial charge in [-0.3, -0.25) is 4.79 Å². The molecule has 142 valence electrons. The number of alkyl halides is 3. The number of hydrogen-bond donors (Lipinski definition) is 0. The van der Waals surface area contributed by atoms with Crippen molar-refractivity contribution < 1.29 is 18.0 Å². The number of nitrogens with zero attached hydrogens (tertiary/aromatic N) is 3. The van der Waals surface area contributed by atoms with E-state index in [4.69, 9.17) is 0 Å². The highest BCUT2D eigenvalue weighted by Crippen LogP contribution is 2.32. The topological polar surface area (TPSA) is 38.1 Å². The highest BCUT2D eigenvalue weighted by atomic mass is 32.1. The van der Waals surface area contributed by atoms with E-state index in [1.165, 1.54) is 29.7 Å². The van der Waals surface area contributed by atoms with Gasteiger partial charge in [0.15, 0.2) is 0 Å². The zero-order chi connectivity index (χ0) is 19.4. The highest BCUT2D eigenvalue weighted by molar-refractivity contribution is 7.12. The molecular formula is C19H18F3N3OS. The Labute approximate surface area is 158 Å². The molecule has 8 heteroatoms. The average molecular weight is 393 g/mol. The Morgan fingerprint density at radius 2 is 2.00 bits per heavy atom. The predicted octanol–water partition coefficient (Wildman–Crippen LogP) is 4.67. The highest BCUT2D eigenvalue weighted by Gasteiger charge is 2.33. The summed E-state index contributed by atoms with van der Waals surface area (Å²) < 4.78 is 41.3. The van der Waals surface area contributed by atoms with Gasteiger partial charge >= 0.3 is 6.18 Å². The molecule has 4 nitrogen and oxygen atoms in total. The molecule has 0 N–H and O–H groups in total. The van der Waals surface area contributed by atoms with Gasteiger partial charge in [-0.05, 0) is 30.0 Å². The monoisotopic (exact) mass is 393 g/mol. The number of carbonyl (C=O) groups is 1. The van der Waals surface area contributed by atoms with Gasteiger partial charge in [-0.2, -0.15) is 13.2 Å². The van der Waals surface area contributed by atoms with Crippen LogP contribution in [0.1, 0.15) is 33.5 Å². The lowest BCUT2D eigenvalue weighted by atomic mass is 10.1. The summed E-state index contributed by atoms with van der Waals surface area (Å²) >= 11 is 1.36. The molecule has 0 unspecified atom stereocenters. The molecule has 3 rings (SSSR count). The number of thiophene rings is 1. The fourth-order valence-corrected chi connectivity index (χ4v) is 3.50. The van der Waals surface area contributed by atoms with Crippen LogP contribution in [0.15, 0.2) is 54.2 Å².